The second-order valence-corrected chi connectivity index (χ2v) is 7.78. The molecule has 2 aromatic carbocycles. The number of nitrogens with zero attached hydrogens (tertiary/aromatic N) is 2. The molecular weight excluding hydrogens is 422 g/mol. The number of esters is 1. The van der Waals surface area contributed by atoms with Crippen molar-refractivity contribution < 1.29 is 28.3 Å². The van der Waals surface area contributed by atoms with E-state index >= 15 is 0 Å². The van der Waals surface area contributed by atoms with Crippen LogP contribution in [0.15, 0.2) is 51.9 Å². The number of hydrogen-bond acceptors (Lipinski definition) is 9. The van der Waals surface area contributed by atoms with Gasteiger partial charge in [-0.25, -0.2) is 0 Å². The summed E-state index contributed by atoms with van der Waals surface area (Å²) in [5.74, 6) is 0.813. The molecule has 2 heterocycles. The Morgan fingerprint density at radius 3 is 2.84 bits per heavy atom. The van der Waals surface area contributed by atoms with Crippen molar-refractivity contribution in [1.82, 2.24) is 10.1 Å². The van der Waals surface area contributed by atoms with Gasteiger partial charge in [0, 0.05) is 11.0 Å². The van der Waals surface area contributed by atoms with Gasteiger partial charge in [0.1, 0.15) is 11.5 Å². The molecule has 1 aliphatic heterocycles. The number of ether oxygens (including phenoxy) is 3. The van der Waals surface area contributed by atoms with E-state index in [0.29, 0.717) is 22.9 Å². The van der Waals surface area contributed by atoms with E-state index in [4.69, 9.17) is 18.7 Å². The highest BCUT2D eigenvalue weighted by atomic mass is 32.2. The molecule has 0 spiro atoms. The third-order valence-corrected chi connectivity index (χ3v) is 5.81. The number of carbonyl (C=O) groups excluding carboxylic acids is 2. The number of para-hydroxylation sites is 1. The van der Waals surface area contributed by atoms with Crippen molar-refractivity contribution in [3.05, 3.63) is 48.4 Å². The molecule has 1 amide bonds. The molecule has 0 aliphatic carbocycles. The number of benzene rings is 2. The lowest BCUT2D eigenvalue weighted by atomic mass is 10.2. The zero-order valence-corrected chi connectivity index (χ0v) is 17.6. The van der Waals surface area contributed by atoms with Gasteiger partial charge in [0.05, 0.1) is 37.1 Å². The fraction of sp³-hybridized carbons (Fsp3) is 0.238. The lowest BCUT2D eigenvalue weighted by Gasteiger charge is -2.23. The van der Waals surface area contributed by atoms with Crippen molar-refractivity contribution in [3.63, 3.8) is 0 Å². The lowest BCUT2D eigenvalue weighted by Crippen LogP contribution is -2.31. The monoisotopic (exact) mass is 441 g/mol. The highest BCUT2D eigenvalue weighted by Crippen LogP contribution is 2.36. The van der Waals surface area contributed by atoms with Gasteiger partial charge in [-0.05, 0) is 24.3 Å². The minimum Gasteiger partial charge on any atom is -0.497 e. The van der Waals surface area contributed by atoms with Crippen LogP contribution in [0.2, 0.25) is 0 Å². The quantitative estimate of drug-likeness (QED) is 0.552. The molecule has 10 heteroatoms. The third-order valence-electron chi connectivity index (χ3n) is 4.53. The van der Waals surface area contributed by atoms with E-state index in [-0.39, 0.29) is 24.8 Å². The Kier molecular flexibility index (Phi) is 6.08. The molecular formula is C21H19N3O6S. The highest BCUT2D eigenvalue weighted by Gasteiger charge is 2.29. The molecule has 1 aromatic heterocycles. The Labute approximate surface area is 182 Å². The maximum absolute atomic E-state index is 12.3. The number of thioether (sulfide) groups is 1. The number of hydrogen-bond donors (Lipinski definition) is 1. The van der Waals surface area contributed by atoms with E-state index in [1.54, 1.807) is 25.3 Å². The van der Waals surface area contributed by atoms with Gasteiger partial charge < -0.3 is 24.1 Å². The fourth-order valence-corrected chi connectivity index (χ4v) is 4.08. The van der Waals surface area contributed by atoms with Crippen molar-refractivity contribution in [2.24, 2.45) is 0 Å². The molecule has 0 radical (unpaired) electrons. The van der Waals surface area contributed by atoms with Gasteiger partial charge >= 0.3 is 5.97 Å². The predicted molar refractivity (Wildman–Crippen MR) is 112 cm³/mol. The van der Waals surface area contributed by atoms with Crippen molar-refractivity contribution in [2.45, 2.75) is 23.2 Å². The van der Waals surface area contributed by atoms with Crippen LogP contribution in [0.1, 0.15) is 12.3 Å². The summed E-state index contributed by atoms with van der Waals surface area (Å²) in [5, 5.41) is 6.15. The van der Waals surface area contributed by atoms with Crippen LogP contribution in [0.5, 0.6) is 11.5 Å². The van der Waals surface area contributed by atoms with Gasteiger partial charge in [-0.1, -0.05) is 17.3 Å². The summed E-state index contributed by atoms with van der Waals surface area (Å²) in [6.07, 6.45) is -0.0713. The Morgan fingerprint density at radius 1 is 1.19 bits per heavy atom. The molecule has 4 rings (SSSR count). The van der Waals surface area contributed by atoms with Crippen LogP contribution in [0.3, 0.4) is 0 Å². The number of nitrogens with one attached hydrogen (secondary N) is 1. The molecule has 1 N–H and O–H groups in total. The van der Waals surface area contributed by atoms with Crippen molar-refractivity contribution in [2.75, 3.05) is 19.5 Å². The molecule has 0 saturated heterocycles. The smallest absolute Gasteiger partial charge is 0.307 e. The molecule has 1 aliphatic rings. The normalized spacial score (nSPS) is 15.0. The first-order chi connectivity index (χ1) is 15.1. The van der Waals surface area contributed by atoms with Crippen LogP contribution < -0.4 is 14.8 Å². The lowest BCUT2D eigenvalue weighted by molar-refractivity contribution is -0.146. The molecule has 3 aromatic rings. The zero-order chi connectivity index (χ0) is 21.8. The van der Waals surface area contributed by atoms with Crippen LogP contribution in [-0.4, -0.2) is 41.5 Å². The average Bonchev–Trinajstić information content (AvgIpc) is 3.26. The van der Waals surface area contributed by atoms with Crippen molar-refractivity contribution in [1.29, 1.82) is 0 Å². The average molecular weight is 441 g/mol. The number of carbonyl (C=O) groups is 2. The van der Waals surface area contributed by atoms with Gasteiger partial charge in [0.2, 0.25) is 11.7 Å². The molecule has 0 bridgehead atoms. The van der Waals surface area contributed by atoms with Crippen molar-refractivity contribution >= 4 is 29.3 Å². The largest absolute Gasteiger partial charge is 0.497 e. The second-order valence-electron chi connectivity index (χ2n) is 6.53. The minimum absolute atomic E-state index is 0.0713. The first-order valence-corrected chi connectivity index (χ1v) is 10.2. The number of amides is 1. The predicted octanol–water partition coefficient (Wildman–Crippen LogP) is 3.30. The molecule has 0 saturated carbocycles. The summed E-state index contributed by atoms with van der Waals surface area (Å²) >= 11 is 1.34. The first-order valence-electron chi connectivity index (χ1n) is 9.34. The number of methoxy groups -OCH3 is 2. The summed E-state index contributed by atoms with van der Waals surface area (Å²) in [7, 11) is 3.09. The summed E-state index contributed by atoms with van der Waals surface area (Å²) < 4.78 is 20.9. The second kappa shape index (κ2) is 9.09. The molecule has 1 unspecified atom stereocenters. The van der Waals surface area contributed by atoms with Gasteiger partial charge in [0.15, 0.2) is 6.61 Å². The number of rotatable bonds is 7. The van der Waals surface area contributed by atoms with Gasteiger partial charge in [-0.3, -0.25) is 9.59 Å². The Hall–Kier alpha value is -3.53. The zero-order valence-electron chi connectivity index (χ0n) is 16.8. The van der Waals surface area contributed by atoms with Gasteiger partial charge in [-0.2, -0.15) is 4.98 Å². The molecule has 31 heavy (non-hydrogen) atoms. The number of aromatic nitrogens is 2. The number of anilines is 1. The SMILES string of the molecule is COc1ccc(-c2noc(COC(=O)CC3Sc4ccccc4NC3=O)n2)c(OC)c1. The van der Waals surface area contributed by atoms with E-state index in [2.05, 4.69) is 15.5 Å². The molecule has 0 fully saturated rings. The maximum Gasteiger partial charge on any atom is 0.307 e. The highest BCUT2D eigenvalue weighted by molar-refractivity contribution is 8.01. The molecule has 9 nitrogen and oxygen atoms in total. The topological polar surface area (TPSA) is 113 Å². The standard InChI is InChI=1S/C21H19N3O6S/c1-27-12-7-8-13(15(9-12)28-2)20-23-18(30-24-20)11-29-19(25)10-17-21(26)22-14-5-3-4-6-16(14)31-17/h3-9,17H,10-11H2,1-2H3,(H,22,26). The van der Waals surface area contributed by atoms with E-state index < -0.39 is 11.2 Å². The van der Waals surface area contributed by atoms with E-state index in [1.165, 1.54) is 18.9 Å². The van der Waals surface area contributed by atoms with Crippen LogP contribution >= 0.6 is 11.8 Å². The summed E-state index contributed by atoms with van der Waals surface area (Å²) in [5.41, 5.74) is 1.35. The van der Waals surface area contributed by atoms with Crippen molar-refractivity contribution in [3.8, 4) is 22.9 Å². The van der Waals surface area contributed by atoms with E-state index in [1.807, 2.05) is 24.3 Å². The van der Waals surface area contributed by atoms with Crippen LogP contribution in [0, 0.1) is 0 Å². The van der Waals surface area contributed by atoms with Crippen LogP contribution in [-0.2, 0) is 20.9 Å². The minimum atomic E-state index is -0.566. The van der Waals surface area contributed by atoms with Gasteiger partial charge in [-0.15, -0.1) is 11.8 Å². The maximum atomic E-state index is 12.3. The Morgan fingerprint density at radius 2 is 2.03 bits per heavy atom. The summed E-state index contributed by atoms with van der Waals surface area (Å²) in [6, 6.07) is 12.6. The van der Waals surface area contributed by atoms with Gasteiger partial charge in [0.25, 0.3) is 5.89 Å². The number of fused-ring (bicyclic) bond motifs is 1. The summed E-state index contributed by atoms with van der Waals surface area (Å²) in [4.78, 5) is 29.6. The molecule has 160 valence electrons. The first kappa shape index (κ1) is 20.7. The van der Waals surface area contributed by atoms with Crippen LogP contribution in [0.25, 0.3) is 11.4 Å². The van der Waals surface area contributed by atoms with E-state index in [0.717, 1.165) is 10.6 Å². The molecule has 1 atom stereocenters. The fourth-order valence-electron chi connectivity index (χ4n) is 2.99. The third kappa shape index (κ3) is 4.64. The van der Waals surface area contributed by atoms with Crippen LogP contribution in [0.4, 0.5) is 5.69 Å². The Balaban J connectivity index is 1.36. The Bertz CT molecular complexity index is 1120. The summed E-state index contributed by atoms with van der Waals surface area (Å²) in [6.45, 7) is -0.195. The van der Waals surface area contributed by atoms with E-state index in [9.17, 15) is 9.59 Å².